The Morgan fingerprint density at radius 3 is 2.64 bits per heavy atom. The van der Waals surface area contributed by atoms with Crippen LogP contribution >= 0.6 is 0 Å². The number of carboxylic acid groups (broad SMARTS) is 1. The summed E-state index contributed by atoms with van der Waals surface area (Å²) in [6.45, 7) is -0.390. The van der Waals surface area contributed by atoms with Gasteiger partial charge in [-0.15, -0.1) is 0 Å². The molecule has 0 spiro atoms. The Morgan fingerprint density at radius 1 is 1.28 bits per heavy atom. The molecule has 0 saturated heterocycles. The number of fused-ring (bicyclic) bond motifs is 1. The molecule has 0 aliphatic heterocycles. The van der Waals surface area contributed by atoms with Crippen LogP contribution in [0.1, 0.15) is 11.4 Å². The van der Waals surface area contributed by atoms with Gasteiger partial charge in [0.15, 0.2) is 12.4 Å². The molecule has 1 heterocycles. The van der Waals surface area contributed by atoms with Crippen LogP contribution in [0.4, 0.5) is 0 Å². The number of allylic oxidation sites excluding steroid dienone is 1. The van der Waals surface area contributed by atoms with Crippen molar-refractivity contribution in [2.24, 2.45) is 7.05 Å². The number of aromatic nitrogens is 2. The Kier molecular flexibility index (Phi) is 4.48. The average molecular weight is 333 g/mol. The third kappa shape index (κ3) is 3.51. The molecular weight excluding hydrogens is 318 g/mol. The molecule has 3 aromatic rings. The maximum absolute atomic E-state index is 10.5. The van der Waals surface area contributed by atoms with Gasteiger partial charge in [-0.2, -0.15) is 5.26 Å². The largest absolute Gasteiger partial charge is 0.482 e. The first-order chi connectivity index (χ1) is 12.1. The van der Waals surface area contributed by atoms with Gasteiger partial charge in [0, 0.05) is 7.05 Å². The molecule has 0 unspecified atom stereocenters. The van der Waals surface area contributed by atoms with Crippen LogP contribution in [0, 0.1) is 11.3 Å². The molecule has 0 bridgehead atoms. The van der Waals surface area contributed by atoms with Crippen molar-refractivity contribution in [1.82, 2.24) is 9.55 Å². The lowest BCUT2D eigenvalue weighted by molar-refractivity contribution is -0.139. The number of aliphatic carboxylic acids is 1. The molecule has 0 saturated carbocycles. The van der Waals surface area contributed by atoms with E-state index in [1.54, 1.807) is 30.3 Å². The summed E-state index contributed by atoms with van der Waals surface area (Å²) in [7, 11) is 1.87. The number of nitriles is 1. The topological polar surface area (TPSA) is 88.1 Å². The minimum atomic E-state index is -1.03. The van der Waals surface area contributed by atoms with Crippen LogP contribution < -0.4 is 4.74 Å². The number of benzene rings is 2. The van der Waals surface area contributed by atoms with E-state index in [2.05, 4.69) is 11.1 Å². The zero-order chi connectivity index (χ0) is 17.8. The molecule has 1 N–H and O–H groups in total. The van der Waals surface area contributed by atoms with E-state index in [1.165, 1.54) is 0 Å². The normalized spacial score (nSPS) is 11.3. The van der Waals surface area contributed by atoms with Gasteiger partial charge >= 0.3 is 5.97 Å². The third-order valence-electron chi connectivity index (χ3n) is 3.70. The zero-order valence-electron chi connectivity index (χ0n) is 13.5. The van der Waals surface area contributed by atoms with Gasteiger partial charge in [-0.3, -0.25) is 0 Å². The summed E-state index contributed by atoms with van der Waals surface area (Å²) >= 11 is 0. The molecular formula is C19H15N3O3. The summed E-state index contributed by atoms with van der Waals surface area (Å²) in [5.74, 6) is 0.0216. The van der Waals surface area contributed by atoms with E-state index in [0.717, 1.165) is 16.6 Å². The molecule has 124 valence electrons. The summed E-state index contributed by atoms with van der Waals surface area (Å²) in [4.78, 5) is 15.0. The van der Waals surface area contributed by atoms with E-state index in [9.17, 15) is 10.1 Å². The number of imidazole rings is 1. The van der Waals surface area contributed by atoms with Gasteiger partial charge in [0.25, 0.3) is 0 Å². The van der Waals surface area contributed by atoms with Crippen molar-refractivity contribution < 1.29 is 14.6 Å². The number of hydrogen-bond acceptors (Lipinski definition) is 4. The van der Waals surface area contributed by atoms with Crippen LogP contribution in [0.5, 0.6) is 5.75 Å². The number of nitrogens with zero attached hydrogens (tertiary/aromatic N) is 3. The van der Waals surface area contributed by atoms with Crippen molar-refractivity contribution in [1.29, 1.82) is 5.26 Å². The van der Waals surface area contributed by atoms with Crippen molar-refractivity contribution in [3.63, 3.8) is 0 Å². The van der Waals surface area contributed by atoms with Crippen LogP contribution in [0.3, 0.4) is 0 Å². The molecule has 0 amide bonds. The molecule has 0 radical (unpaired) electrons. The minimum absolute atomic E-state index is 0.390. The minimum Gasteiger partial charge on any atom is -0.482 e. The fourth-order valence-electron chi connectivity index (χ4n) is 2.51. The van der Waals surface area contributed by atoms with Crippen molar-refractivity contribution in [3.05, 3.63) is 59.9 Å². The first-order valence-corrected chi connectivity index (χ1v) is 7.57. The molecule has 0 fully saturated rings. The van der Waals surface area contributed by atoms with Crippen molar-refractivity contribution in [3.8, 4) is 11.8 Å². The summed E-state index contributed by atoms with van der Waals surface area (Å²) in [6.07, 6.45) is 1.74. The number of carboxylic acids is 1. The molecule has 2 aromatic carbocycles. The van der Waals surface area contributed by atoms with Gasteiger partial charge in [0.05, 0.1) is 16.6 Å². The lowest BCUT2D eigenvalue weighted by Crippen LogP contribution is -2.09. The Balaban J connectivity index is 1.91. The molecule has 25 heavy (non-hydrogen) atoms. The van der Waals surface area contributed by atoms with Gasteiger partial charge in [0.2, 0.25) is 0 Å². The predicted molar refractivity (Wildman–Crippen MR) is 93.8 cm³/mol. The van der Waals surface area contributed by atoms with Crippen LogP contribution in [0.15, 0.2) is 48.5 Å². The van der Waals surface area contributed by atoms with Crippen molar-refractivity contribution in [2.75, 3.05) is 6.61 Å². The molecule has 1 aromatic heterocycles. The van der Waals surface area contributed by atoms with Gasteiger partial charge in [0.1, 0.15) is 11.8 Å². The van der Waals surface area contributed by atoms with E-state index in [0.29, 0.717) is 17.1 Å². The van der Waals surface area contributed by atoms with E-state index in [1.807, 2.05) is 35.9 Å². The quantitative estimate of drug-likeness (QED) is 0.725. The maximum atomic E-state index is 10.5. The Labute approximate surface area is 144 Å². The van der Waals surface area contributed by atoms with Crippen molar-refractivity contribution >= 4 is 28.7 Å². The molecule has 6 nitrogen and oxygen atoms in total. The second-order valence-corrected chi connectivity index (χ2v) is 5.40. The van der Waals surface area contributed by atoms with E-state index in [4.69, 9.17) is 9.84 Å². The van der Waals surface area contributed by atoms with E-state index < -0.39 is 12.6 Å². The van der Waals surface area contributed by atoms with Crippen LogP contribution in [-0.2, 0) is 11.8 Å². The number of carbonyl (C=O) groups is 1. The van der Waals surface area contributed by atoms with Crippen LogP contribution in [0.25, 0.3) is 22.7 Å². The maximum Gasteiger partial charge on any atom is 0.341 e. The standard InChI is InChI=1S/C19H15N3O3/c1-22-17-5-3-2-4-16(17)21-19(22)14(11-20)10-13-6-8-15(9-7-13)25-12-18(23)24/h2-10H,12H2,1H3,(H,23,24)/b14-10+. The van der Waals surface area contributed by atoms with Crippen LogP contribution in [0.2, 0.25) is 0 Å². The SMILES string of the molecule is Cn1c(/C(C#N)=C/c2ccc(OCC(=O)O)cc2)nc2ccccc21. The monoisotopic (exact) mass is 333 g/mol. The highest BCUT2D eigenvalue weighted by atomic mass is 16.5. The number of rotatable bonds is 5. The molecule has 0 atom stereocenters. The number of ether oxygens (including phenoxy) is 1. The highest BCUT2D eigenvalue weighted by Gasteiger charge is 2.11. The lowest BCUT2D eigenvalue weighted by Gasteiger charge is -2.04. The summed E-state index contributed by atoms with van der Waals surface area (Å²) in [5.41, 5.74) is 3.03. The summed E-state index contributed by atoms with van der Waals surface area (Å²) in [5, 5.41) is 18.1. The first kappa shape index (κ1) is 16.3. The van der Waals surface area contributed by atoms with Crippen molar-refractivity contribution in [2.45, 2.75) is 0 Å². The Morgan fingerprint density at radius 2 is 2.00 bits per heavy atom. The molecule has 3 rings (SSSR count). The van der Waals surface area contributed by atoms with Gasteiger partial charge in [-0.25, -0.2) is 9.78 Å². The summed E-state index contributed by atoms with van der Waals surface area (Å²) in [6, 6.07) is 16.7. The fraction of sp³-hybridized carbons (Fsp3) is 0.105. The molecule has 0 aliphatic rings. The Bertz CT molecular complexity index is 995. The Hall–Kier alpha value is -3.59. The highest BCUT2D eigenvalue weighted by molar-refractivity contribution is 5.90. The number of para-hydroxylation sites is 2. The van der Waals surface area contributed by atoms with Gasteiger partial charge in [-0.05, 0) is 35.9 Å². The predicted octanol–water partition coefficient (Wildman–Crippen LogP) is 3.10. The summed E-state index contributed by atoms with van der Waals surface area (Å²) < 4.78 is 6.98. The average Bonchev–Trinajstić information content (AvgIpc) is 2.96. The third-order valence-corrected chi connectivity index (χ3v) is 3.70. The zero-order valence-corrected chi connectivity index (χ0v) is 13.5. The smallest absolute Gasteiger partial charge is 0.341 e. The van der Waals surface area contributed by atoms with Crippen LogP contribution in [-0.4, -0.2) is 27.2 Å². The number of hydrogen-bond donors (Lipinski definition) is 1. The second-order valence-electron chi connectivity index (χ2n) is 5.40. The molecule has 6 heteroatoms. The fourth-order valence-corrected chi connectivity index (χ4v) is 2.51. The first-order valence-electron chi connectivity index (χ1n) is 7.57. The van der Waals surface area contributed by atoms with Gasteiger partial charge < -0.3 is 14.4 Å². The second kappa shape index (κ2) is 6.89. The molecule has 0 aliphatic carbocycles. The number of aryl methyl sites for hydroxylation is 1. The van der Waals surface area contributed by atoms with E-state index in [-0.39, 0.29) is 0 Å². The highest BCUT2D eigenvalue weighted by Crippen LogP contribution is 2.22. The lowest BCUT2D eigenvalue weighted by atomic mass is 10.1. The van der Waals surface area contributed by atoms with E-state index >= 15 is 0 Å². The van der Waals surface area contributed by atoms with Gasteiger partial charge in [-0.1, -0.05) is 24.3 Å².